The Hall–Kier alpha value is -2.02. The van der Waals surface area contributed by atoms with Crippen LogP contribution in [0.25, 0.3) is 0 Å². The van der Waals surface area contributed by atoms with Gasteiger partial charge in [0.25, 0.3) is 5.91 Å². The van der Waals surface area contributed by atoms with Gasteiger partial charge in [-0.25, -0.2) is 8.78 Å². The molecule has 2 saturated heterocycles. The number of carbonyl (C=O) groups is 2. The fourth-order valence-corrected chi connectivity index (χ4v) is 5.49. The lowest BCUT2D eigenvalue weighted by atomic mass is 9.66. The molecule has 1 saturated carbocycles. The average molecular weight is 421 g/mol. The van der Waals surface area contributed by atoms with E-state index in [1.807, 2.05) is 4.90 Å². The van der Waals surface area contributed by atoms with Crippen LogP contribution in [0.2, 0.25) is 0 Å². The van der Waals surface area contributed by atoms with Gasteiger partial charge in [0.2, 0.25) is 5.91 Å². The smallest absolute Gasteiger partial charge is 0.253 e. The van der Waals surface area contributed by atoms with Crippen molar-refractivity contribution < 1.29 is 23.1 Å². The second-order valence-electron chi connectivity index (χ2n) is 8.97. The molecule has 0 radical (unpaired) electrons. The van der Waals surface area contributed by atoms with Crippen LogP contribution < -0.4 is 0 Å². The van der Waals surface area contributed by atoms with Gasteiger partial charge in [0.1, 0.15) is 0 Å². The summed E-state index contributed by atoms with van der Waals surface area (Å²) in [7, 11) is 0. The summed E-state index contributed by atoms with van der Waals surface area (Å²) in [6.45, 7) is 3.70. The Morgan fingerprint density at radius 3 is 2.47 bits per heavy atom. The predicted molar refractivity (Wildman–Crippen MR) is 108 cm³/mol. The van der Waals surface area contributed by atoms with Crippen molar-refractivity contribution in [3.8, 4) is 0 Å². The Morgan fingerprint density at radius 1 is 1.03 bits per heavy atom. The Balaban J connectivity index is 1.45. The average Bonchev–Trinajstić information content (AvgIpc) is 3.12. The highest BCUT2D eigenvalue weighted by Crippen LogP contribution is 2.49. The molecule has 164 valence electrons. The lowest BCUT2D eigenvalue weighted by Crippen LogP contribution is -2.41. The first kappa shape index (κ1) is 21.2. The van der Waals surface area contributed by atoms with Gasteiger partial charge in [0.15, 0.2) is 11.6 Å². The van der Waals surface area contributed by atoms with Crippen molar-refractivity contribution in [2.75, 3.05) is 39.4 Å². The molecule has 2 amide bonds. The monoisotopic (exact) mass is 420 g/mol. The summed E-state index contributed by atoms with van der Waals surface area (Å²) in [6.07, 6.45) is 6.86. The van der Waals surface area contributed by atoms with E-state index in [0.717, 1.165) is 44.2 Å². The van der Waals surface area contributed by atoms with Gasteiger partial charge in [-0.15, -0.1) is 0 Å². The van der Waals surface area contributed by atoms with E-state index in [9.17, 15) is 18.4 Å². The van der Waals surface area contributed by atoms with Crippen LogP contribution in [-0.2, 0) is 9.53 Å². The zero-order valence-electron chi connectivity index (χ0n) is 17.4. The first-order valence-corrected chi connectivity index (χ1v) is 11.1. The van der Waals surface area contributed by atoms with E-state index in [1.54, 1.807) is 4.90 Å². The van der Waals surface area contributed by atoms with Gasteiger partial charge in [-0.2, -0.15) is 0 Å². The third kappa shape index (κ3) is 4.36. The number of hydrogen-bond acceptors (Lipinski definition) is 3. The van der Waals surface area contributed by atoms with Crippen molar-refractivity contribution in [2.24, 2.45) is 11.3 Å². The van der Waals surface area contributed by atoms with E-state index in [2.05, 4.69) is 0 Å². The summed E-state index contributed by atoms with van der Waals surface area (Å²) in [4.78, 5) is 29.3. The van der Waals surface area contributed by atoms with Crippen LogP contribution in [0, 0.1) is 23.0 Å². The minimum atomic E-state index is -1.000. The number of halogens is 2. The van der Waals surface area contributed by atoms with Gasteiger partial charge < -0.3 is 14.5 Å². The second kappa shape index (κ2) is 9.00. The molecule has 3 aliphatic rings. The minimum Gasteiger partial charge on any atom is -0.378 e. The molecule has 1 atom stereocenters. The first-order valence-electron chi connectivity index (χ1n) is 11.1. The van der Waals surface area contributed by atoms with E-state index >= 15 is 0 Å². The topological polar surface area (TPSA) is 49.9 Å². The van der Waals surface area contributed by atoms with Crippen LogP contribution in [0.4, 0.5) is 8.78 Å². The van der Waals surface area contributed by atoms with E-state index in [1.165, 1.54) is 12.5 Å². The lowest BCUT2D eigenvalue weighted by molar-refractivity contribution is -0.135. The maximum atomic E-state index is 13.6. The van der Waals surface area contributed by atoms with Crippen LogP contribution in [0.3, 0.4) is 0 Å². The molecule has 1 unspecified atom stereocenters. The Morgan fingerprint density at radius 2 is 1.77 bits per heavy atom. The number of carbonyl (C=O) groups excluding carboxylic acids is 2. The molecule has 5 nitrogen and oxygen atoms in total. The number of rotatable bonds is 4. The maximum absolute atomic E-state index is 13.6. The fraction of sp³-hybridized carbons (Fsp3) is 0.652. The van der Waals surface area contributed by atoms with Crippen LogP contribution >= 0.6 is 0 Å². The summed E-state index contributed by atoms with van der Waals surface area (Å²) in [5.41, 5.74) is 0.225. The molecule has 30 heavy (non-hydrogen) atoms. The highest BCUT2D eigenvalue weighted by molar-refractivity contribution is 5.94. The Bertz CT molecular complexity index is 789. The summed E-state index contributed by atoms with van der Waals surface area (Å²) >= 11 is 0. The molecule has 1 aliphatic carbocycles. The van der Waals surface area contributed by atoms with E-state index < -0.39 is 11.6 Å². The quantitative estimate of drug-likeness (QED) is 0.748. The van der Waals surface area contributed by atoms with Crippen molar-refractivity contribution in [3.63, 3.8) is 0 Å². The van der Waals surface area contributed by atoms with Gasteiger partial charge in [-0.1, -0.05) is 19.3 Å². The van der Waals surface area contributed by atoms with Gasteiger partial charge in [-0.3, -0.25) is 9.59 Å². The van der Waals surface area contributed by atoms with E-state index in [-0.39, 0.29) is 28.7 Å². The lowest BCUT2D eigenvalue weighted by Gasteiger charge is -2.38. The molecular weight excluding hydrogens is 390 g/mol. The van der Waals surface area contributed by atoms with Crippen molar-refractivity contribution in [1.29, 1.82) is 0 Å². The number of amides is 2. The van der Waals surface area contributed by atoms with Crippen LogP contribution in [0.15, 0.2) is 18.2 Å². The molecular formula is C23H30F2N2O3. The summed E-state index contributed by atoms with van der Waals surface area (Å²) < 4.78 is 32.2. The number of benzene rings is 1. The molecule has 1 spiro atoms. The molecule has 1 aromatic rings. The van der Waals surface area contributed by atoms with Crippen molar-refractivity contribution in [2.45, 2.75) is 44.9 Å². The molecule has 4 rings (SSSR count). The highest BCUT2D eigenvalue weighted by atomic mass is 19.2. The van der Waals surface area contributed by atoms with Crippen LogP contribution in [0.5, 0.6) is 0 Å². The SMILES string of the molecule is O=C(CCC1CN(C(=O)c2ccc(F)c(F)c2)CC12CCCCC2)N1CCOCC1. The van der Waals surface area contributed by atoms with Gasteiger partial charge >= 0.3 is 0 Å². The molecule has 0 bridgehead atoms. The molecule has 7 heteroatoms. The van der Waals surface area contributed by atoms with Gasteiger partial charge in [0.05, 0.1) is 13.2 Å². The normalized spacial score (nSPS) is 23.7. The second-order valence-corrected chi connectivity index (χ2v) is 8.97. The number of ether oxygens (including phenoxy) is 1. The predicted octanol–water partition coefficient (Wildman–Crippen LogP) is 3.63. The molecule has 3 fully saturated rings. The third-order valence-electron chi connectivity index (χ3n) is 7.19. The van der Waals surface area contributed by atoms with E-state index in [4.69, 9.17) is 4.74 Å². The largest absolute Gasteiger partial charge is 0.378 e. The maximum Gasteiger partial charge on any atom is 0.253 e. The summed E-state index contributed by atoms with van der Waals surface area (Å²) in [5.74, 6) is -1.77. The molecule has 2 aliphatic heterocycles. The summed E-state index contributed by atoms with van der Waals surface area (Å²) in [5, 5.41) is 0. The summed E-state index contributed by atoms with van der Waals surface area (Å²) in [6, 6.07) is 3.34. The van der Waals surface area contributed by atoms with Gasteiger partial charge in [0, 0.05) is 38.2 Å². The molecule has 1 aromatic carbocycles. The van der Waals surface area contributed by atoms with Gasteiger partial charge in [-0.05, 0) is 48.8 Å². The zero-order valence-corrected chi connectivity index (χ0v) is 17.4. The molecule has 2 heterocycles. The molecule has 0 aromatic heterocycles. The Kier molecular flexibility index (Phi) is 6.37. The first-order chi connectivity index (χ1) is 14.5. The van der Waals surface area contributed by atoms with Crippen molar-refractivity contribution in [3.05, 3.63) is 35.4 Å². The Labute approximate surface area is 176 Å². The number of nitrogens with zero attached hydrogens (tertiary/aromatic N) is 2. The molecule has 0 N–H and O–H groups in total. The third-order valence-corrected chi connectivity index (χ3v) is 7.19. The number of likely N-dealkylation sites (tertiary alicyclic amines) is 1. The van der Waals surface area contributed by atoms with Crippen molar-refractivity contribution >= 4 is 11.8 Å². The van der Waals surface area contributed by atoms with E-state index in [0.29, 0.717) is 45.8 Å². The number of morpholine rings is 1. The van der Waals surface area contributed by atoms with Crippen LogP contribution in [0.1, 0.15) is 55.3 Å². The highest BCUT2D eigenvalue weighted by Gasteiger charge is 2.48. The van der Waals surface area contributed by atoms with Crippen molar-refractivity contribution in [1.82, 2.24) is 9.80 Å². The standard InChI is InChI=1S/C23H30F2N2O3/c24-19-6-4-17(14-20(19)25)22(29)27-15-18(23(16-27)8-2-1-3-9-23)5-7-21(28)26-10-12-30-13-11-26/h4,6,14,18H,1-3,5,7-13,15-16H2. The van der Waals surface area contributed by atoms with Crippen LogP contribution in [-0.4, -0.2) is 61.0 Å². The number of hydrogen-bond donors (Lipinski definition) is 0. The minimum absolute atomic E-state index is 0.0395. The zero-order chi connectivity index (χ0) is 21.1. The fourth-order valence-electron chi connectivity index (χ4n) is 5.49.